The van der Waals surface area contributed by atoms with E-state index >= 15 is 0 Å². The molecule has 140 valence electrons. The summed E-state index contributed by atoms with van der Waals surface area (Å²) in [4.78, 5) is 17.1. The number of piperazine rings is 1. The number of nitrogens with two attached hydrogens (primary N) is 1. The average molecular weight is 357 g/mol. The van der Waals surface area contributed by atoms with Gasteiger partial charge in [-0.25, -0.2) is 4.79 Å². The molecule has 0 saturated carbocycles. The van der Waals surface area contributed by atoms with E-state index in [0.717, 1.165) is 69.9 Å². The summed E-state index contributed by atoms with van der Waals surface area (Å²) in [6, 6.07) is 8.04. The summed E-state index contributed by atoms with van der Waals surface area (Å²) in [5.74, 6) is 0.180. The van der Waals surface area contributed by atoms with Crippen LogP contribution in [0.25, 0.3) is 0 Å². The van der Waals surface area contributed by atoms with E-state index < -0.39 is 0 Å². The Morgan fingerprint density at radius 1 is 1.08 bits per heavy atom. The highest BCUT2D eigenvalue weighted by atomic mass is 16.3. The van der Waals surface area contributed by atoms with Gasteiger partial charge in [-0.3, -0.25) is 14.0 Å². The first-order chi connectivity index (χ1) is 12.6. The fourth-order valence-electron chi connectivity index (χ4n) is 4.12. The molecule has 2 aliphatic rings. The highest BCUT2D eigenvalue weighted by Gasteiger charge is 2.23. The quantitative estimate of drug-likeness (QED) is 0.784. The lowest BCUT2D eigenvalue weighted by Crippen LogP contribution is -2.46. The SMILES string of the molecule is Nc1cccc(N2CCN(CCCn3c(O)c4n(c3=O)CCC4)CC2)c1. The fraction of sp³-hybridized carbons (Fsp3) is 0.526. The van der Waals surface area contributed by atoms with Gasteiger partial charge < -0.3 is 15.7 Å². The standard InChI is InChI=1S/C19H27N5O2/c20-15-4-1-5-16(14-15)22-12-10-21(11-13-22)7-3-9-24-18(25)17-6-2-8-23(17)19(24)26/h1,4-5,14,25H,2-3,6-13,20H2. The molecule has 2 aromatic rings. The van der Waals surface area contributed by atoms with Crippen LogP contribution in [-0.2, 0) is 19.5 Å². The molecule has 0 bridgehead atoms. The summed E-state index contributed by atoms with van der Waals surface area (Å²) >= 11 is 0. The van der Waals surface area contributed by atoms with Crippen molar-refractivity contribution in [1.82, 2.24) is 14.0 Å². The molecule has 3 heterocycles. The Morgan fingerprint density at radius 2 is 1.88 bits per heavy atom. The van der Waals surface area contributed by atoms with Gasteiger partial charge in [-0.15, -0.1) is 0 Å². The lowest BCUT2D eigenvalue weighted by molar-refractivity contribution is 0.248. The summed E-state index contributed by atoms with van der Waals surface area (Å²) in [6.07, 6.45) is 2.63. The predicted molar refractivity (Wildman–Crippen MR) is 103 cm³/mol. The number of benzene rings is 1. The highest BCUT2D eigenvalue weighted by Crippen LogP contribution is 2.23. The van der Waals surface area contributed by atoms with Crippen molar-refractivity contribution in [2.75, 3.05) is 43.4 Å². The molecule has 1 aromatic heterocycles. The summed E-state index contributed by atoms with van der Waals surface area (Å²) in [6.45, 7) is 6.23. The van der Waals surface area contributed by atoms with Crippen LogP contribution in [0.4, 0.5) is 11.4 Å². The van der Waals surface area contributed by atoms with Gasteiger partial charge in [-0.1, -0.05) is 6.07 Å². The number of anilines is 2. The van der Waals surface area contributed by atoms with Crippen LogP contribution >= 0.6 is 0 Å². The molecule has 1 fully saturated rings. The molecular formula is C19H27N5O2. The van der Waals surface area contributed by atoms with Crippen LogP contribution in [0.2, 0.25) is 0 Å². The first kappa shape index (κ1) is 17.0. The highest BCUT2D eigenvalue weighted by molar-refractivity contribution is 5.56. The van der Waals surface area contributed by atoms with Gasteiger partial charge in [0.1, 0.15) is 0 Å². The Bertz CT molecular complexity index is 833. The topological polar surface area (TPSA) is 79.7 Å². The Kier molecular flexibility index (Phi) is 4.63. The molecular weight excluding hydrogens is 330 g/mol. The first-order valence-electron chi connectivity index (χ1n) is 9.47. The molecule has 0 amide bonds. The second-order valence-corrected chi connectivity index (χ2v) is 7.24. The van der Waals surface area contributed by atoms with E-state index in [4.69, 9.17) is 5.73 Å². The largest absolute Gasteiger partial charge is 0.493 e. The fourth-order valence-corrected chi connectivity index (χ4v) is 4.12. The third kappa shape index (κ3) is 3.19. The molecule has 1 aromatic carbocycles. The molecule has 3 N–H and O–H groups in total. The minimum atomic E-state index is -0.0542. The number of fused-ring (bicyclic) bond motifs is 1. The maximum atomic E-state index is 12.3. The Morgan fingerprint density at radius 3 is 2.62 bits per heavy atom. The summed E-state index contributed by atoms with van der Waals surface area (Å²) in [5, 5.41) is 10.3. The molecule has 1 saturated heterocycles. The van der Waals surface area contributed by atoms with E-state index in [1.165, 1.54) is 10.3 Å². The third-order valence-electron chi connectivity index (χ3n) is 5.56. The second-order valence-electron chi connectivity index (χ2n) is 7.24. The summed E-state index contributed by atoms with van der Waals surface area (Å²) in [5.41, 5.74) is 8.62. The maximum Gasteiger partial charge on any atom is 0.331 e. The van der Waals surface area contributed by atoms with Crippen LogP contribution in [0.1, 0.15) is 18.5 Å². The van der Waals surface area contributed by atoms with Crippen molar-refractivity contribution in [3.05, 3.63) is 40.4 Å². The average Bonchev–Trinajstić information content (AvgIpc) is 3.22. The molecule has 0 unspecified atom stereocenters. The zero-order valence-corrected chi connectivity index (χ0v) is 15.1. The molecule has 7 nitrogen and oxygen atoms in total. The predicted octanol–water partition coefficient (Wildman–Crippen LogP) is 1.10. The zero-order valence-electron chi connectivity index (χ0n) is 15.1. The van der Waals surface area contributed by atoms with E-state index in [-0.39, 0.29) is 11.6 Å². The van der Waals surface area contributed by atoms with Crippen LogP contribution < -0.4 is 16.3 Å². The van der Waals surface area contributed by atoms with Crippen molar-refractivity contribution in [2.24, 2.45) is 0 Å². The molecule has 7 heteroatoms. The number of nitrogens with zero attached hydrogens (tertiary/aromatic N) is 4. The Labute approximate surface area is 153 Å². The van der Waals surface area contributed by atoms with Gasteiger partial charge in [0.05, 0.1) is 5.69 Å². The number of imidazole rings is 1. The van der Waals surface area contributed by atoms with Crippen molar-refractivity contribution >= 4 is 11.4 Å². The van der Waals surface area contributed by atoms with Crippen molar-refractivity contribution in [3.63, 3.8) is 0 Å². The van der Waals surface area contributed by atoms with Crippen molar-refractivity contribution in [1.29, 1.82) is 0 Å². The molecule has 0 aliphatic carbocycles. The van der Waals surface area contributed by atoms with Crippen molar-refractivity contribution < 1.29 is 5.11 Å². The maximum absolute atomic E-state index is 12.3. The van der Waals surface area contributed by atoms with Gasteiger partial charge in [0.15, 0.2) is 0 Å². The summed E-state index contributed by atoms with van der Waals surface area (Å²) in [7, 11) is 0. The van der Waals surface area contributed by atoms with E-state index in [1.807, 2.05) is 18.2 Å². The van der Waals surface area contributed by atoms with Crippen LogP contribution in [0.15, 0.2) is 29.1 Å². The van der Waals surface area contributed by atoms with Crippen molar-refractivity contribution in [2.45, 2.75) is 32.4 Å². The normalized spacial score (nSPS) is 17.6. The number of aromatic nitrogens is 2. The van der Waals surface area contributed by atoms with Gasteiger partial charge in [0.25, 0.3) is 0 Å². The smallest absolute Gasteiger partial charge is 0.331 e. The lowest BCUT2D eigenvalue weighted by Gasteiger charge is -2.36. The van der Waals surface area contributed by atoms with Crippen molar-refractivity contribution in [3.8, 4) is 5.88 Å². The molecule has 4 rings (SSSR count). The van der Waals surface area contributed by atoms with Gasteiger partial charge in [-0.2, -0.15) is 0 Å². The number of hydrogen-bond acceptors (Lipinski definition) is 5. The minimum absolute atomic E-state index is 0.0542. The molecule has 26 heavy (non-hydrogen) atoms. The van der Waals surface area contributed by atoms with Gasteiger partial charge in [-0.05, 0) is 44.0 Å². The zero-order chi connectivity index (χ0) is 18.1. The van der Waals surface area contributed by atoms with Gasteiger partial charge in [0, 0.05) is 50.6 Å². The van der Waals surface area contributed by atoms with Crippen LogP contribution in [0.3, 0.4) is 0 Å². The van der Waals surface area contributed by atoms with Gasteiger partial charge in [0.2, 0.25) is 5.88 Å². The monoisotopic (exact) mass is 357 g/mol. The first-order valence-corrected chi connectivity index (χ1v) is 9.47. The van der Waals surface area contributed by atoms with Crippen LogP contribution in [0.5, 0.6) is 5.88 Å². The number of nitrogen functional groups attached to an aromatic ring is 1. The van der Waals surface area contributed by atoms with Gasteiger partial charge >= 0.3 is 5.69 Å². The molecule has 0 radical (unpaired) electrons. The van der Waals surface area contributed by atoms with E-state index in [0.29, 0.717) is 6.54 Å². The minimum Gasteiger partial charge on any atom is -0.493 e. The number of rotatable bonds is 5. The Balaban J connectivity index is 1.28. The number of aromatic hydroxyl groups is 1. The lowest BCUT2D eigenvalue weighted by atomic mass is 10.2. The van der Waals surface area contributed by atoms with Crippen LogP contribution in [-0.4, -0.2) is 51.9 Å². The second kappa shape index (κ2) is 7.07. The van der Waals surface area contributed by atoms with E-state index in [1.54, 1.807) is 4.57 Å². The molecule has 2 aliphatic heterocycles. The third-order valence-corrected chi connectivity index (χ3v) is 5.56. The molecule has 0 spiro atoms. The van der Waals surface area contributed by atoms with Crippen LogP contribution in [0, 0.1) is 0 Å². The Hall–Kier alpha value is -2.41. The molecule has 0 atom stereocenters. The van der Waals surface area contributed by atoms with E-state index in [2.05, 4.69) is 15.9 Å². The van der Waals surface area contributed by atoms with E-state index in [9.17, 15) is 9.90 Å². The number of hydrogen-bond donors (Lipinski definition) is 2. The summed E-state index contributed by atoms with van der Waals surface area (Å²) < 4.78 is 3.26.